The summed E-state index contributed by atoms with van der Waals surface area (Å²) < 4.78 is 19.8. The molecule has 5 atom stereocenters. The number of halogens is 1. The third kappa shape index (κ3) is 5.25. The molecule has 0 amide bonds. The van der Waals surface area contributed by atoms with Gasteiger partial charge in [-0.1, -0.05) is 27.2 Å². The highest BCUT2D eigenvalue weighted by Gasteiger charge is 2.42. The molecule has 27 heavy (non-hydrogen) atoms. The zero-order valence-electron chi connectivity index (χ0n) is 17.8. The lowest BCUT2D eigenvalue weighted by atomic mass is 9.70. The molecule has 3 nitrogen and oxygen atoms in total. The van der Waals surface area contributed by atoms with Crippen molar-refractivity contribution in [2.45, 2.75) is 84.4 Å². The molecule has 0 spiro atoms. The second kappa shape index (κ2) is 9.24. The lowest BCUT2D eigenvalue weighted by molar-refractivity contribution is -0.166. The van der Waals surface area contributed by atoms with Crippen molar-refractivity contribution in [1.29, 1.82) is 0 Å². The largest absolute Gasteiger partial charge is 0.462 e. The molecular formula is C23H40FNO2. The Morgan fingerprint density at radius 2 is 1.78 bits per heavy atom. The smallest absolute Gasteiger partial charge is 0.310 e. The van der Waals surface area contributed by atoms with Gasteiger partial charge in [0, 0.05) is 6.54 Å². The van der Waals surface area contributed by atoms with Crippen LogP contribution in [0.5, 0.6) is 0 Å². The maximum Gasteiger partial charge on any atom is 0.310 e. The molecule has 2 aliphatic carbocycles. The van der Waals surface area contributed by atoms with E-state index in [2.05, 4.69) is 32.7 Å². The highest BCUT2D eigenvalue weighted by Crippen LogP contribution is 2.41. The van der Waals surface area contributed by atoms with Gasteiger partial charge < -0.3 is 9.64 Å². The van der Waals surface area contributed by atoms with E-state index in [9.17, 15) is 9.18 Å². The highest BCUT2D eigenvalue weighted by atomic mass is 19.1. The molecule has 3 fully saturated rings. The molecule has 4 heteroatoms. The van der Waals surface area contributed by atoms with Gasteiger partial charge in [-0.25, -0.2) is 4.39 Å². The molecular weight excluding hydrogens is 341 g/mol. The summed E-state index contributed by atoms with van der Waals surface area (Å²) in [5.41, 5.74) is 0. The molecule has 0 N–H and O–H groups in total. The van der Waals surface area contributed by atoms with E-state index in [1.54, 1.807) is 0 Å². The minimum atomic E-state index is -0.631. The Morgan fingerprint density at radius 1 is 1.07 bits per heavy atom. The van der Waals surface area contributed by atoms with Crippen LogP contribution in [0, 0.1) is 35.5 Å². The van der Waals surface area contributed by atoms with Crippen molar-refractivity contribution in [2.24, 2.45) is 35.5 Å². The zero-order chi connectivity index (χ0) is 19.6. The van der Waals surface area contributed by atoms with Crippen molar-refractivity contribution in [3.05, 3.63) is 0 Å². The lowest BCUT2D eigenvalue weighted by Gasteiger charge is -2.43. The number of hydrogen-bond donors (Lipinski definition) is 0. The number of hydrogen-bond acceptors (Lipinski definition) is 3. The van der Waals surface area contributed by atoms with Gasteiger partial charge in [0.15, 0.2) is 0 Å². The summed E-state index contributed by atoms with van der Waals surface area (Å²) >= 11 is 0. The first kappa shape index (κ1) is 21.1. The van der Waals surface area contributed by atoms with Gasteiger partial charge in [0.2, 0.25) is 0 Å². The number of rotatable bonds is 4. The summed E-state index contributed by atoms with van der Waals surface area (Å²) in [5, 5.41) is 0. The second-order valence-electron chi connectivity index (χ2n) is 10.1. The Labute approximate surface area is 165 Å². The molecule has 1 unspecified atom stereocenters. The van der Waals surface area contributed by atoms with Crippen molar-refractivity contribution < 1.29 is 13.9 Å². The molecule has 1 saturated heterocycles. The van der Waals surface area contributed by atoms with E-state index in [4.69, 9.17) is 4.74 Å². The molecule has 156 valence electrons. The Bertz CT molecular complexity index is 489. The number of esters is 1. The summed E-state index contributed by atoms with van der Waals surface area (Å²) in [7, 11) is 2.11. The average molecular weight is 382 g/mol. The maximum atomic E-state index is 13.6. The standard InChI is InChI=1S/C23H40FNO2/c1-15(2)19-10-5-16(3)13-22(19)27-23(26)21-14-25(4)12-11-20(21)17-6-8-18(24)9-7-17/h15-22H,5-14H2,1-4H3/t16-,17?,18?,19+,20+,21-,22?/m1/s1. The fourth-order valence-corrected chi connectivity index (χ4v) is 5.94. The fraction of sp³-hybridized carbons (Fsp3) is 0.957. The maximum absolute atomic E-state index is 13.6. The van der Waals surface area contributed by atoms with Crippen molar-refractivity contribution >= 4 is 5.97 Å². The quantitative estimate of drug-likeness (QED) is 0.636. The van der Waals surface area contributed by atoms with E-state index in [1.807, 2.05) is 0 Å². The monoisotopic (exact) mass is 381 g/mol. The van der Waals surface area contributed by atoms with Gasteiger partial charge in [-0.3, -0.25) is 4.79 Å². The molecule has 0 bridgehead atoms. The van der Waals surface area contributed by atoms with Crippen LogP contribution < -0.4 is 0 Å². The van der Waals surface area contributed by atoms with Gasteiger partial charge in [-0.15, -0.1) is 0 Å². The van der Waals surface area contributed by atoms with Crippen LogP contribution in [0.3, 0.4) is 0 Å². The van der Waals surface area contributed by atoms with Crippen LogP contribution in [-0.2, 0) is 9.53 Å². The van der Waals surface area contributed by atoms with E-state index in [0.29, 0.717) is 42.4 Å². The summed E-state index contributed by atoms with van der Waals surface area (Å²) in [4.78, 5) is 15.6. The van der Waals surface area contributed by atoms with Crippen LogP contribution in [0.25, 0.3) is 0 Å². The number of carbonyl (C=O) groups is 1. The number of piperidine rings is 1. The molecule has 1 heterocycles. The molecule has 0 aromatic rings. The first-order chi connectivity index (χ1) is 12.8. The van der Waals surface area contributed by atoms with Gasteiger partial charge in [0.25, 0.3) is 0 Å². The number of nitrogens with zero attached hydrogens (tertiary/aromatic N) is 1. The molecule has 0 aromatic carbocycles. The average Bonchev–Trinajstić information content (AvgIpc) is 2.62. The van der Waals surface area contributed by atoms with E-state index >= 15 is 0 Å². The molecule has 3 aliphatic rings. The fourth-order valence-electron chi connectivity index (χ4n) is 5.94. The highest BCUT2D eigenvalue weighted by molar-refractivity contribution is 5.73. The third-order valence-electron chi connectivity index (χ3n) is 7.71. The predicted octanol–water partition coefficient (Wildman–Crippen LogP) is 5.09. The summed E-state index contributed by atoms with van der Waals surface area (Å²) in [6.07, 6.45) is 7.15. The van der Waals surface area contributed by atoms with Crippen LogP contribution in [0.1, 0.15) is 72.1 Å². The summed E-state index contributed by atoms with van der Waals surface area (Å²) in [6.45, 7) is 8.64. The predicted molar refractivity (Wildman–Crippen MR) is 107 cm³/mol. The van der Waals surface area contributed by atoms with Crippen LogP contribution in [-0.4, -0.2) is 43.3 Å². The van der Waals surface area contributed by atoms with Crippen LogP contribution >= 0.6 is 0 Å². The van der Waals surface area contributed by atoms with Gasteiger partial charge >= 0.3 is 5.97 Å². The Balaban J connectivity index is 1.67. The molecule has 0 aromatic heterocycles. The van der Waals surface area contributed by atoms with Crippen molar-refractivity contribution in [3.63, 3.8) is 0 Å². The van der Waals surface area contributed by atoms with E-state index in [-0.39, 0.29) is 18.0 Å². The van der Waals surface area contributed by atoms with Gasteiger partial charge in [0.1, 0.15) is 12.3 Å². The minimum Gasteiger partial charge on any atom is -0.462 e. The Morgan fingerprint density at radius 3 is 2.44 bits per heavy atom. The lowest BCUT2D eigenvalue weighted by Crippen LogP contribution is -2.47. The number of alkyl halides is 1. The topological polar surface area (TPSA) is 29.5 Å². The number of ether oxygens (including phenoxy) is 1. The van der Waals surface area contributed by atoms with Crippen LogP contribution in [0.4, 0.5) is 4.39 Å². The normalized spacial score (nSPS) is 41.5. The van der Waals surface area contributed by atoms with Crippen molar-refractivity contribution in [3.8, 4) is 0 Å². The van der Waals surface area contributed by atoms with E-state index in [0.717, 1.165) is 38.8 Å². The van der Waals surface area contributed by atoms with Crippen molar-refractivity contribution in [2.75, 3.05) is 20.1 Å². The molecule has 1 aliphatic heterocycles. The summed E-state index contributed by atoms with van der Waals surface area (Å²) in [5.74, 6) is 2.55. The molecule has 0 radical (unpaired) electrons. The first-order valence-corrected chi connectivity index (χ1v) is 11.4. The zero-order valence-corrected chi connectivity index (χ0v) is 17.8. The van der Waals surface area contributed by atoms with E-state index < -0.39 is 6.17 Å². The minimum absolute atomic E-state index is 0.0265. The van der Waals surface area contributed by atoms with Crippen molar-refractivity contribution in [1.82, 2.24) is 4.90 Å². The second-order valence-corrected chi connectivity index (χ2v) is 10.1. The van der Waals surface area contributed by atoms with Crippen LogP contribution in [0.15, 0.2) is 0 Å². The van der Waals surface area contributed by atoms with Gasteiger partial charge in [0.05, 0.1) is 5.92 Å². The Hall–Kier alpha value is -0.640. The number of likely N-dealkylation sites (tertiary alicyclic amines) is 1. The van der Waals surface area contributed by atoms with Gasteiger partial charge in [-0.2, -0.15) is 0 Å². The first-order valence-electron chi connectivity index (χ1n) is 11.4. The number of carbonyl (C=O) groups excluding carboxylic acids is 1. The van der Waals surface area contributed by atoms with Crippen LogP contribution in [0.2, 0.25) is 0 Å². The third-order valence-corrected chi connectivity index (χ3v) is 7.71. The Kier molecular flexibility index (Phi) is 7.21. The van der Waals surface area contributed by atoms with Gasteiger partial charge in [-0.05, 0) is 88.1 Å². The summed E-state index contributed by atoms with van der Waals surface area (Å²) in [6, 6.07) is 0. The van der Waals surface area contributed by atoms with E-state index in [1.165, 1.54) is 12.8 Å². The molecule has 2 saturated carbocycles. The SMILES string of the molecule is CC(C)[C@@H]1CC[C@@H](C)CC1OC(=O)[C@@H]1CN(C)CC[C@H]1C1CCC(F)CC1. The molecule has 3 rings (SSSR count).